The molecular weight excluding hydrogens is 214 g/mol. The summed E-state index contributed by atoms with van der Waals surface area (Å²) in [5.74, 6) is 0. The van der Waals surface area contributed by atoms with Crippen molar-refractivity contribution in [3.05, 3.63) is 47.5 Å². The van der Waals surface area contributed by atoms with Crippen molar-refractivity contribution in [3.63, 3.8) is 0 Å². The van der Waals surface area contributed by atoms with Gasteiger partial charge in [-0.1, -0.05) is 0 Å². The van der Waals surface area contributed by atoms with Gasteiger partial charge in [-0.15, -0.1) is 0 Å². The summed E-state index contributed by atoms with van der Waals surface area (Å²) in [5.41, 5.74) is 2.89. The Balaban J connectivity index is 2.17. The molecule has 1 N–H and O–H groups in total. The van der Waals surface area contributed by atoms with Crippen LogP contribution in [0, 0.1) is 6.92 Å². The number of hydrogen-bond donors (Lipinski definition) is 1. The van der Waals surface area contributed by atoms with E-state index in [2.05, 4.69) is 10.1 Å². The average Bonchev–Trinajstić information content (AvgIpc) is 2.72. The third-order valence-corrected chi connectivity index (χ3v) is 2.75. The second kappa shape index (κ2) is 5.10. The van der Waals surface area contributed by atoms with Crippen LogP contribution in [0.1, 0.15) is 30.0 Å². The molecule has 1 atom stereocenters. The van der Waals surface area contributed by atoms with Crippen molar-refractivity contribution in [2.45, 2.75) is 32.9 Å². The molecule has 17 heavy (non-hydrogen) atoms. The number of nitrogens with zero attached hydrogens (tertiary/aromatic N) is 3. The van der Waals surface area contributed by atoms with Crippen molar-refractivity contribution in [1.29, 1.82) is 0 Å². The Labute approximate surface area is 101 Å². The van der Waals surface area contributed by atoms with Crippen LogP contribution in [-0.2, 0) is 13.0 Å². The van der Waals surface area contributed by atoms with Crippen molar-refractivity contribution in [2.75, 3.05) is 0 Å². The molecule has 0 aliphatic rings. The number of rotatable bonds is 4. The predicted octanol–water partition coefficient (Wildman–Crippen LogP) is 1.88. The molecule has 0 spiro atoms. The Morgan fingerprint density at radius 3 is 2.71 bits per heavy atom. The lowest BCUT2D eigenvalue weighted by Gasteiger charge is -2.12. The molecule has 1 unspecified atom stereocenters. The zero-order chi connectivity index (χ0) is 12.3. The Morgan fingerprint density at radius 2 is 2.06 bits per heavy atom. The zero-order valence-corrected chi connectivity index (χ0v) is 10.2. The van der Waals surface area contributed by atoms with Crippen molar-refractivity contribution in [3.8, 4) is 0 Å². The molecule has 0 fully saturated rings. The summed E-state index contributed by atoms with van der Waals surface area (Å²) in [7, 11) is 0. The van der Waals surface area contributed by atoms with Gasteiger partial charge < -0.3 is 5.11 Å². The molecule has 90 valence electrons. The first-order chi connectivity index (χ1) is 8.20. The van der Waals surface area contributed by atoms with Gasteiger partial charge in [0.05, 0.1) is 17.5 Å². The molecule has 0 aliphatic heterocycles. The third-order valence-electron chi connectivity index (χ3n) is 2.75. The van der Waals surface area contributed by atoms with Gasteiger partial charge in [-0.25, -0.2) is 0 Å². The fourth-order valence-electron chi connectivity index (χ4n) is 1.93. The van der Waals surface area contributed by atoms with Gasteiger partial charge in [0.1, 0.15) is 0 Å². The minimum atomic E-state index is -0.515. The van der Waals surface area contributed by atoms with E-state index < -0.39 is 6.10 Å². The summed E-state index contributed by atoms with van der Waals surface area (Å²) in [6.45, 7) is 4.74. The number of pyridine rings is 1. The van der Waals surface area contributed by atoms with Crippen LogP contribution in [0.15, 0.2) is 30.6 Å². The number of aryl methyl sites for hydroxylation is 2. The molecule has 4 nitrogen and oxygen atoms in total. The van der Waals surface area contributed by atoms with Crippen LogP contribution < -0.4 is 0 Å². The minimum Gasteiger partial charge on any atom is -0.386 e. The van der Waals surface area contributed by atoms with Crippen LogP contribution in [0.2, 0.25) is 0 Å². The highest BCUT2D eigenvalue weighted by Crippen LogP contribution is 2.19. The van der Waals surface area contributed by atoms with Crippen LogP contribution in [0.4, 0.5) is 0 Å². The molecule has 0 bridgehead atoms. The van der Waals surface area contributed by atoms with Gasteiger partial charge in [0.2, 0.25) is 0 Å². The first-order valence-electron chi connectivity index (χ1n) is 5.82. The summed E-state index contributed by atoms with van der Waals surface area (Å²) >= 11 is 0. The van der Waals surface area contributed by atoms with E-state index in [1.807, 2.05) is 36.7 Å². The van der Waals surface area contributed by atoms with Crippen LogP contribution in [0.3, 0.4) is 0 Å². The topological polar surface area (TPSA) is 50.9 Å². The zero-order valence-electron chi connectivity index (χ0n) is 10.2. The molecule has 2 heterocycles. The van der Waals surface area contributed by atoms with Gasteiger partial charge in [-0.3, -0.25) is 9.67 Å². The molecule has 2 aromatic rings. The van der Waals surface area contributed by atoms with Crippen LogP contribution >= 0.6 is 0 Å². The van der Waals surface area contributed by atoms with E-state index in [0.29, 0.717) is 6.42 Å². The lowest BCUT2D eigenvalue weighted by Crippen LogP contribution is -2.10. The van der Waals surface area contributed by atoms with Gasteiger partial charge >= 0.3 is 0 Å². The summed E-state index contributed by atoms with van der Waals surface area (Å²) in [5, 5.41) is 14.6. The number of hydrogen-bond acceptors (Lipinski definition) is 3. The van der Waals surface area contributed by atoms with Crippen LogP contribution in [-0.4, -0.2) is 19.9 Å². The van der Waals surface area contributed by atoms with Crippen molar-refractivity contribution >= 4 is 0 Å². The highest BCUT2D eigenvalue weighted by molar-refractivity contribution is 5.17. The molecule has 0 saturated heterocycles. The van der Waals surface area contributed by atoms with E-state index >= 15 is 0 Å². The lowest BCUT2D eigenvalue weighted by atomic mass is 10.1. The molecular formula is C13H17N3O. The van der Waals surface area contributed by atoms with Crippen molar-refractivity contribution in [2.24, 2.45) is 0 Å². The van der Waals surface area contributed by atoms with E-state index in [4.69, 9.17) is 0 Å². The van der Waals surface area contributed by atoms with Gasteiger partial charge in [0, 0.05) is 25.4 Å². The molecule has 0 saturated carbocycles. The summed E-state index contributed by atoms with van der Waals surface area (Å²) in [4.78, 5) is 3.96. The maximum absolute atomic E-state index is 10.2. The van der Waals surface area contributed by atoms with Crippen LogP contribution in [0.5, 0.6) is 0 Å². The van der Waals surface area contributed by atoms with E-state index in [0.717, 1.165) is 23.5 Å². The molecule has 2 aromatic heterocycles. The van der Waals surface area contributed by atoms with Gasteiger partial charge in [-0.05, 0) is 37.6 Å². The Kier molecular flexibility index (Phi) is 3.54. The summed E-state index contributed by atoms with van der Waals surface area (Å²) in [6.07, 6.45) is 3.56. The molecule has 0 radical (unpaired) electrons. The first-order valence-corrected chi connectivity index (χ1v) is 5.82. The fraction of sp³-hybridized carbons (Fsp3) is 0.385. The van der Waals surface area contributed by atoms with Crippen LogP contribution in [0.25, 0.3) is 0 Å². The number of aliphatic hydroxyl groups excluding tert-OH is 1. The standard InChI is InChI=1S/C13H17N3O/c1-3-16-12(8-10(2)15-16)13(17)9-11-4-6-14-7-5-11/h4-8,13,17H,3,9H2,1-2H3. The summed E-state index contributed by atoms with van der Waals surface area (Å²) in [6, 6.07) is 5.78. The number of aliphatic hydroxyl groups is 1. The Morgan fingerprint density at radius 1 is 1.35 bits per heavy atom. The molecule has 0 amide bonds. The molecule has 0 aliphatic carbocycles. The molecule has 4 heteroatoms. The smallest absolute Gasteiger partial charge is 0.0996 e. The van der Waals surface area contributed by atoms with Gasteiger partial charge in [0.25, 0.3) is 0 Å². The van der Waals surface area contributed by atoms with E-state index in [-0.39, 0.29) is 0 Å². The van der Waals surface area contributed by atoms with Crippen molar-refractivity contribution in [1.82, 2.24) is 14.8 Å². The Hall–Kier alpha value is -1.68. The van der Waals surface area contributed by atoms with E-state index in [9.17, 15) is 5.11 Å². The number of aromatic nitrogens is 3. The van der Waals surface area contributed by atoms with Gasteiger partial charge in [0.15, 0.2) is 0 Å². The lowest BCUT2D eigenvalue weighted by molar-refractivity contribution is 0.167. The molecule has 2 rings (SSSR count). The fourth-order valence-corrected chi connectivity index (χ4v) is 1.93. The van der Waals surface area contributed by atoms with Crippen molar-refractivity contribution < 1.29 is 5.11 Å². The maximum atomic E-state index is 10.2. The minimum absolute atomic E-state index is 0.515. The second-order valence-corrected chi connectivity index (χ2v) is 4.10. The van der Waals surface area contributed by atoms with E-state index in [1.54, 1.807) is 12.4 Å². The SMILES string of the molecule is CCn1nc(C)cc1C(O)Cc1ccncc1. The first kappa shape index (κ1) is 11.8. The monoisotopic (exact) mass is 231 g/mol. The highest BCUT2D eigenvalue weighted by Gasteiger charge is 2.14. The highest BCUT2D eigenvalue weighted by atomic mass is 16.3. The quantitative estimate of drug-likeness (QED) is 0.874. The third kappa shape index (κ3) is 2.71. The van der Waals surface area contributed by atoms with Gasteiger partial charge in [-0.2, -0.15) is 5.10 Å². The maximum Gasteiger partial charge on any atom is 0.0996 e. The molecule has 0 aromatic carbocycles. The summed E-state index contributed by atoms with van der Waals surface area (Å²) < 4.78 is 1.85. The second-order valence-electron chi connectivity index (χ2n) is 4.10. The average molecular weight is 231 g/mol. The van der Waals surface area contributed by atoms with E-state index in [1.165, 1.54) is 0 Å². The largest absolute Gasteiger partial charge is 0.386 e. The Bertz CT molecular complexity index is 479. The predicted molar refractivity (Wildman–Crippen MR) is 65.5 cm³/mol. The normalized spacial score (nSPS) is 12.6.